The normalized spacial score (nSPS) is 24.3. The van der Waals surface area contributed by atoms with Crippen molar-refractivity contribution in [3.05, 3.63) is 46.3 Å². The van der Waals surface area contributed by atoms with Gasteiger partial charge >= 0.3 is 0 Å². The molecule has 0 aliphatic carbocycles. The third-order valence-corrected chi connectivity index (χ3v) is 5.92. The van der Waals surface area contributed by atoms with E-state index in [1.165, 1.54) is 17.5 Å². The van der Waals surface area contributed by atoms with Crippen molar-refractivity contribution in [2.75, 3.05) is 26.3 Å². The average Bonchev–Trinajstić information content (AvgIpc) is 3.40. The van der Waals surface area contributed by atoms with Crippen LogP contribution in [0.1, 0.15) is 21.7 Å². The third-order valence-electron chi connectivity index (χ3n) is 5.06. The highest BCUT2D eigenvalue weighted by Crippen LogP contribution is 2.36. The lowest BCUT2D eigenvalue weighted by Gasteiger charge is -2.19. The number of pyridine rings is 1. The van der Waals surface area contributed by atoms with E-state index in [1.54, 1.807) is 12.1 Å². The number of ether oxygens (including phenoxy) is 2. The first kappa shape index (κ1) is 17.0. The summed E-state index contributed by atoms with van der Waals surface area (Å²) in [6, 6.07) is 9.22. The third kappa shape index (κ3) is 3.43. The van der Waals surface area contributed by atoms with Crippen molar-refractivity contribution in [1.29, 1.82) is 5.26 Å². The minimum atomic E-state index is 0.106. The second kappa shape index (κ2) is 7.44. The number of amides is 1. The Morgan fingerprint density at radius 3 is 3.08 bits per heavy atom. The van der Waals surface area contributed by atoms with Crippen molar-refractivity contribution in [1.82, 2.24) is 9.88 Å². The first-order valence-corrected chi connectivity index (χ1v) is 9.56. The van der Waals surface area contributed by atoms with E-state index in [2.05, 4.69) is 4.98 Å². The fourth-order valence-corrected chi connectivity index (χ4v) is 4.36. The molecule has 0 radical (unpaired) electrons. The number of aromatic nitrogens is 1. The number of fused-ring (bicyclic) bond motifs is 1. The molecule has 2 aliphatic heterocycles. The van der Waals surface area contributed by atoms with E-state index in [-0.39, 0.29) is 12.0 Å². The molecule has 0 spiro atoms. The van der Waals surface area contributed by atoms with Crippen LogP contribution < -0.4 is 4.74 Å². The zero-order valence-corrected chi connectivity index (χ0v) is 15.0. The molecule has 0 unspecified atom stereocenters. The van der Waals surface area contributed by atoms with Crippen LogP contribution in [-0.4, -0.2) is 48.2 Å². The van der Waals surface area contributed by atoms with Gasteiger partial charge in [-0.3, -0.25) is 4.79 Å². The van der Waals surface area contributed by atoms with Gasteiger partial charge in [0.25, 0.3) is 5.91 Å². The van der Waals surface area contributed by atoms with Gasteiger partial charge in [-0.25, -0.2) is 4.98 Å². The molecule has 0 N–H and O–H groups in total. The van der Waals surface area contributed by atoms with E-state index >= 15 is 0 Å². The molecule has 2 aromatic heterocycles. The summed E-state index contributed by atoms with van der Waals surface area (Å²) in [5.74, 6) is 1.39. The Balaban J connectivity index is 1.29. The number of thiophene rings is 1. The van der Waals surface area contributed by atoms with E-state index < -0.39 is 0 Å². The monoisotopic (exact) mass is 369 g/mol. The molecule has 2 saturated heterocycles. The summed E-state index contributed by atoms with van der Waals surface area (Å²) in [5, 5.41) is 10.7. The van der Waals surface area contributed by atoms with Gasteiger partial charge in [-0.2, -0.15) is 5.26 Å². The predicted octanol–water partition coefficient (Wildman–Crippen LogP) is 2.57. The molecule has 6 nitrogen and oxygen atoms in total. The summed E-state index contributed by atoms with van der Waals surface area (Å²) in [6.45, 7) is 2.70. The molecule has 134 valence electrons. The van der Waals surface area contributed by atoms with Crippen LogP contribution in [0.15, 0.2) is 35.8 Å². The van der Waals surface area contributed by atoms with Gasteiger partial charge in [-0.1, -0.05) is 6.07 Å². The van der Waals surface area contributed by atoms with Crippen LogP contribution in [0.5, 0.6) is 5.88 Å². The number of nitrogens with zero attached hydrogens (tertiary/aromatic N) is 3. The van der Waals surface area contributed by atoms with E-state index in [4.69, 9.17) is 14.7 Å². The van der Waals surface area contributed by atoms with Gasteiger partial charge in [0, 0.05) is 31.3 Å². The number of likely N-dealkylation sites (tertiary alicyclic amines) is 1. The number of hydrogen-bond acceptors (Lipinski definition) is 6. The Morgan fingerprint density at radius 1 is 1.42 bits per heavy atom. The quantitative estimate of drug-likeness (QED) is 0.810. The fourth-order valence-electron chi connectivity index (χ4n) is 3.66. The maximum Gasteiger partial charge on any atom is 0.264 e. The lowest BCUT2D eigenvalue weighted by atomic mass is 9.91. The Kier molecular flexibility index (Phi) is 4.87. The zero-order valence-electron chi connectivity index (χ0n) is 14.2. The fraction of sp³-hybridized carbons (Fsp3) is 0.421. The molecule has 0 aromatic carbocycles. The summed E-state index contributed by atoms with van der Waals surface area (Å²) in [5.41, 5.74) is 0.519. The van der Waals surface area contributed by atoms with Gasteiger partial charge in [0.15, 0.2) is 0 Å². The number of carbonyl (C=O) groups is 1. The lowest BCUT2D eigenvalue weighted by molar-refractivity contribution is 0.0676. The van der Waals surface area contributed by atoms with Gasteiger partial charge < -0.3 is 14.4 Å². The van der Waals surface area contributed by atoms with Gasteiger partial charge in [-0.15, -0.1) is 11.3 Å². The Labute approximate surface area is 156 Å². The molecule has 4 heterocycles. The smallest absolute Gasteiger partial charge is 0.264 e. The molecule has 7 heteroatoms. The van der Waals surface area contributed by atoms with Crippen LogP contribution in [-0.2, 0) is 4.74 Å². The lowest BCUT2D eigenvalue weighted by Crippen LogP contribution is -2.30. The maximum atomic E-state index is 12.5. The van der Waals surface area contributed by atoms with Crippen LogP contribution in [0.25, 0.3) is 0 Å². The number of hydrogen-bond donors (Lipinski definition) is 0. The van der Waals surface area contributed by atoms with Crippen LogP contribution in [0.2, 0.25) is 0 Å². The van der Waals surface area contributed by atoms with Crippen molar-refractivity contribution in [2.24, 2.45) is 11.8 Å². The molecule has 2 fully saturated rings. The molecule has 2 aromatic rings. The Bertz CT molecular complexity index is 800. The van der Waals surface area contributed by atoms with Crippen molar-refractivity contribution < 1.29 is 14.3 Å². The van der Waals surface area contributed by atoms with Crippen LogP contribution in [0, 0.1) is 23.2 Å². The largest absolute Gasteiger partial charge is 0.478 e. The molecule has 0 bridgehead atoms. The van der Waals surface area contributed by atoms with Crippen LogP contribution in [0.4, 0.5) is 0 Å². The van der Waals surface area contributed by atoms with Gasteiger partial charge in [0.05, 0.1) is 29.8 Å². The minimum Gasteiger partial charge on any atom is -0.478 e. The average molecular weight is 369 g/mol. The van der Waals surface area contributed by atoms with Crippen molar-refractivity contribution in [3.8, 4) is 11.9 Å². The van der Waals surface area contributed by atoms with Crippen molar-refractivity contribution in [2.45, 2.75) is 12.5 Å². The number of rotatable bonds is 5. The molecular formula is C19H19N3O3S. The second-order valence-electron chi connectivity index (χ2n) is 6.62. The predicted molar refractivity (Wildman–Crippen MR) is 96.0 cm³/mol. The van der Waals surface area contributed by atoms with Crippen LogP contribution >= 0.6 is 11.3 Å². The van der Waals surface area contributed by atoms with E-state index in [0.29, 0.717) is 36.4 Å². The molecule has 3 atom stereocenters. The number of nitriles is 1. The highest BCUT2D eigenvalue weighted by molar-refractivity contribution is 7.12. The molecule has 2 aliphatic rings. The summed E-state index contributed by atoms with van der Waals surface area (Å²) >= 11 is 1.48. The van der Waals surface area contributed by atoms with E-state index in [0.717, 1.165) is 24.4 Å². The van der Waals surface area contributed by atoms with Gasteiger partial charge in [0.1, 0.15) is 6.07 Å². The van der Waals surface area contributed by atoms with Crippen molar-refractivity contribution >= 4 is 17.2 Å². The Hall–Kier alpha value is -2.43. The van der Waals surface area contributed by atoms with E-state index in [1.807, 2.05) is 28.5 Å². The number of carbonyl (C=O) groups excluding carboxylic acids is 1. The molecule has 4 rings (SSSR count). The van der Waals surface area contributed by atoms with Crippen molar-refractivity contribution in [3.63, 3.8) is 0 Å². The summed E-state index contributed by atoms with van der Waals surface area (Å²) in [7, 11) is 0. The highest BCUT2D eigenvalue weighted by atomic mass is 32.1. The zero-order chi connectivity index (χ0) is 17.9. The van der Waals surface area contributed by atoms with Gasteiger partial charge in [-0.05, 0) is 29.9 Å². The minimum absolute atomic E-state index is 0.106. The molecule has 1 amide bonds. The summed E-state index contributed by atoms with van der Waals surface area (Å²) < 4.78 is 11.6. The molecule has 0 saturated carbocycles. The molecular weight excluding hydrogens is 350 g/mol. The standard InChI is InChI=1S/C19H19N3O3S/c20-8-13-3-4-18(21-9-13)24-6-5-14-12-25-16-11-22(10-15(14)16)19(23)17-2-1-7-26-17/h1-4,7,9,14-16H,5-6,10-12H2/t14-,15-,16-/m1/s1. The second-order valence-corrected chi connectivity index (χ2v) is 7.56. The Morgan fingerprint density at radius 2 is 2.35 bits per heavy atom. The van der Waals surface area contributed by atoms with Gasteiger partial charge in [0.2, 0.25) is 5.88 Å². The SMILES string of the molecule is N#Cc1ccc(OCC[C@@H]2CO[C@@H]3CN(C(=O)c4cccs4)C[C@H]23)nc1. The first-order chi connectivity index (χ1) is 12.7. The maximum absolute atomic E-state index is 12.5. The van der Waals surface area contributed by atoms with E-state index in [9.17, 15) is 4.79 Å². The topological polar surface area (TPSA) is 75.5 Å². The molecule has 26 heavy (non-hydrogen) atoms. The highest BCUT2D eigenvalue weighted by Gasteiger charge is 2.45. The summed E-state index contributed by atoms with van der Waals surface area (Å²) in [4.78, 5) is 19.3. The summed E-state index contributed by atoms with van der Waals surface area (Å²) in [6.07, 6.45) is 2.51. The van der Waals surface area contributed by atoms with Crippen LogP contribution in [0.3, 0.4) is 0 Å². The first-order valence-electron chi connectivity index (χ1n) is 8.68.